The Kier molecular flexibility index (Phi) is 38.5. The number of allylic oxidation sites excluding steroid dienone is 4. The van der Waals surface area contributed by atoms with Crippen molar-refractivity contribution in [2.45, 2.75) is 245 Å². The molecule has 0 aliphatic rings. The molecule has 0 saturated carbocycles. The number of carboxylic acid groups (broad SMARTS) is 1. The van der Waals surface area contributed by atoms with Crippen molar-refractivity contribution in [3.05, 3.63) is 24.3 Å². The third-order valence-corrected chi connectivity index (χ3v) is 9.65. The second-order valence-electron chi connectivity index (χ2n) is 14.5. The van der Waals surface area contributed by atoms with Crippen LogP contribution in [0.2, 0.25) is 0 Å². The number of carbonyl (C=O) groups is 2. The van der Waals surface area contributed by atoms with Crippen molar-refractivity contribution in [3.8, 4) is 0 Å². The van der Waals surface area contributed by atoms with Gasteiger partial charge in [0.05, 0.1) is 0 Å². The van der Waals surface area contributed by atoms with E-state index in [1.165, 1.54) is 141 Å². The summed E-state index contributed by atoms with van der Waals surface area (Å²) in [6, 6.07) is 0. The largest absolute Gasteiger partial charge is 0.481 e. The minimum atomic E-state index is -0.703. The summed E-state index contributed by atoms with van der Waals surface area (Å²) in [4.78, 5) is 23.4. The van der Waals surface area contributed by atoms with Crippen molar-refractivity contribution >= 4 is 11.9 Å². The van der Waals surface area contributed by atoms with Crippen molar-refractivity contribution < 1.29 is 19.4 Å². The Balaban J connectivity index is 4.03. The number of ether oxygens (including phenoxy) is 1. The van der Waals surface area contributed by atoms with E-state index >= 15 is 0 Å². The number of esters is 1. The lowest BCUT2D eigenvalue weighted by atomic mass is 10.0. The Morgan fingerprint density at radius 2 is 0.771 bits per heavy atom. The average molecular weight is 675 g/mol. The number of aliphatic carboxylic acids is 1. The van der Waals surface area contributed by atoms with Crippen LogP contribution in [0.5, 0.6) is 0 Å². The lowest BCUT2D eigenvalue weighted by Gasteiger charge is -2.18. The first-order valence-electron chi connectivity index (χ1n) is 21.3. The van der Waals surface area contributed by atoms with Crippen LogP contribution in [0.25, 0.3) is 0 Å². The lowest BCUT2D eigenvalue weighted by molar-refractivity contribution is -0.150. The maximum absolute atomic E-state index is 12.7. The fourth-order valence-electron chi connectivity index (χ4n) is 6.47. The zero-order valence-electron chi connectivity index (χ0n) is 32.3. The van der Waals surface area contributed by atoms with Gasteiger partial charge in [0.15, 0.2) is 0 Å². The smallest absolute Gasteiger partial charge is 0.306 e. The van der Waals surface area contributed by atoms with Crippen molar-refractivity contribution in [2.75, 3.05) is 0 Å². The van der Waals surface area contributed by atoms with E-state index in [9.17, 15) is 9.59 Å². The molecule has 0 aromatic carbocycles. The van der Waals surface area contributed by atoms with Crippen LogP contribution in [-0.2, 0) is 14.3 Å². The summed E-state index contributed by atoms with van der Waals surface area (Å²) in [5.74, 6) is -0.717. The van der Waals surface area contributed by atoms with Crippen LogP contribution < -0.4 is 0 Å². The van der Waals surface area contributed by atoms with Crippen LogP contribution >= 0.6 is 0 Å². The molecule has 0 amide bonds. The summed E-state index contributed by atoms with van der Waals surface area (Å²) in [7, 11) is 0. The predicted octanol–water partition coefficient (Wildman–Crippen LogP) is 14.8. The molecule has 0 aliphatic carbocycles. The number of carboxylic acids is 1. The molecule has 282 valence electrons. The monoisotopic (exact) mass is 675 g/mol. The third-order valence-electron chi connectivity index (χ3n) is 9.65. The van der Waals surface area contributed by atoms with Crippen LogP contribution in [0.15, 0.2) is 24.3 Å². The molecule has 0 rings (SSSR count). The molecule has 0 bridgehead atoms. The molecule has 0 fully saturated rings. The van der Waals surface area contributed by atoms with E-state index in [-0.39, 0.29) is 18.5 Å². The van der Waals surface area contributed by atoms with E-state index in [1.54, 1.807) is 0 Å². The Morgan fingerprint density at radius 3 is 1.21 bits per heavy atom. The molecule has 1 unspecified atom stereocenters. The first kappa shape index (κ1) is 46.4. The minimum Gasteiger partial charge on any atom is -0.481 e. The van der Waals surface area contributed by atoms with Gasteiger partial charge in [0.1, 0.15) is 6.10 Å². The van der Waals surface area contributed by atoms with Crippen LogP contribution in [0, 0.1) is 0 Å². The summed E-state index contributed by atoms with van der Waals surface area (Å²) in [5, 5.41) is 8.83. The highest BCUT2D eigenvalue weighted by Gasteiger charge is 2.14. The van der Waals surface area contributed by atoms with E-state index in [0.29, 0.717) is 6.42 Å². The van der Waals surface area contributed by atoms with E-state index in [2.05, 4.69) is 38.2 Å². The number of carbonyl (C=O) groups excluding carboxylic acids is 1. The molecule has 4 nitrogen and oxygen atoms in total. The fourth-order valence-corrected chi connectivity index (χ4v) is 6.47. The molecule has 0 aliphatic heterocycles. The van der Waals surface area contributed by atoms with Gasteiger partial charge < -0.3 is 9.84 Å². The Labute approximate surface area is 299 Å². The van der Waals surface area contributed by atoms with Gasteiger partial charge in [0.2, 0.25) is 0 Å². The molecule has 0 aromatic rings. The quantitative estimate of drug-likeness (QED) is 0.0400. The second-order valence-corrected chi connectivity index (χ2v) is 14.5. The summed E-state index contributed by atoms with van der Waals surface area (Å²) in [6.45, 7) is 4.55. The van der Waals surface area contributed by atoms with Gasteiger partial charge in [-0.05, 0) is 83.5 Å². The van der Waals surface area contributed by atoms with Crippen LogP contribution in [0.1, 0.15) is 239 Å². The fraction of sp³-hybridized carbons (Fsp3) is 0.864. The molecule has 1 atom stereocenters. The lowest BCUT2D eigenvalue weighted by Crippen LogP contribution is -2.18. The van der Waals surface area contributed by atoms with Crippen molar-refractivity contribution in [1.82, 2.24) is 0 Å². The van der Waals surface area contributed by atoms with Gasteiger partial charge in [0.25, 0.3) is 0 Å². The van der Waals surface area contributed by atoms with Crippen LogP contribution in [0.4, 0.5) is 0 Å². The second kappa shape index (κ2) is 39.9. The van der Waals surface area contributed by atoms with Crippen LogP contribution in [-0.4, -0.2) is 23.1 Å². The van der Waals surface area contributed by atoms with Gasteiger partial charge in [0, 0.05) is 12.8 Å². The maximum atomic E-state index is 12.7. The molecule has 0 aromatic heterocycles. The Bertz CT molecular complexity index is 727. The SMILES string of the molecule is CCCCCCCC/C=C\CCCCCCCCCC(=O)OC(CCC/C=C\CCCCCCCCCC)CCCCCCCC(=O)O. The van der Waals surface area contributed by atoms with E-state index in [4.69, 9.17) is 9.84 Å². The van der Waals surface area contributed by atoms with Gasteiger partial charge in [-0.1, -0.05) is 167 Å². The van der Waals surface area contributed by atoms with E-state index in [1.807, 2.05) is 0 Å². The zero-order valence-corrected chi connectivity index (χ0v) is 32.3. The van der Waals surface area contributed by atoms with Crippen molar-refractivity contribution in [1.29, 1.82) is 0 Å². The highest BCUT2D eigenvalue weighted by atomic mass is 16.5. The van der Waals surface area contributed by atoms with Gasteiger partial charge in [-0.15, -0.1) is 0 Å². The minimum absolute atomic E-state index is 0.0144. The summed E-state index contributed by atoms with van der Waals surface area (Å²) < 4.78 is 6.00. The third kappa shape index (κ3) is 38.9. The molecular formula is C44H82O4. The first-order chi connectivity index (χ1) is 23.6. The number of rotatable bonds is 39. The summed E-state index contributed by atoms with van der Waals surface area (Å²) >= 11 is 0. The Morgan fingerprint density at radius 1 is 0.438 bits per heavy atom. The summed E-state index contributed by atoms with van der Waals surface area (Å²) in [5.41, 5.74) is 0. The zero-order chi connectivity index (χ0) is 35.0. The number of unbranched alkanes of at least 4 members (excludes halogenated alkanes) is 26. The molecule has 48 heavy (non-hydrogen) atoms. The summed E-state index contributed by atoms with van der Waals surface area (Å²) in [6.07, 6.45) is 50.6. The van der Waals surface area contributed by atoms with Crippen LogP contribution in [0.3, 0.4) is 0 Å². The molecular weight excluding hydrogens is 592 g/mol. The normalized spacial score (nSPS) is 12.4. The first-order valence-corrected chi connectivity index (χ1v) is 21.3. The Hall–Kier alpha value is -1.58. The highest BCUT2D eigenvalue weighted by molar-refractivity contribution is 5.69. The molecule has 4 heteroatoms. The van der Waals surface area contributed by atoms with Crippen molar-refractivity contribution in [3.63, 3.8) is 0 Å². The number of hydrogen-bond acceptors (Lipinski definition) is 3. The number of hydrogen-bond donors (Lipinski definition) is 1. The predicted molar refractivity (Wildman–Crippen MR) is 209 cm³/mol. The van der Waals surface area contributed by atoms with E-state index < -0.39 is 5.97 Å². The average Bonchev–Trinajstić information content (AvgIpc) is 3.07. The van der Waals surface area contributed by atoms with Gasteiger partial charge >= 0.3 is 11.9 Å². The standard InChI is InChI=1S/C44H82O4/c1-3-5-7-9-11-13-15-17-18-19-20-22-24-26-28-33-37-41-44(47)48-42(39-35-31-29-32-36-40-43(45)46)38-34-30-27-25-23-21-16-14-12-10-8-6-4-2/h17-18,25,27,42H,3-16,19-24,26,28-41H2,1-2H3,(H,45,46)/b18-17-,27-25-. The maximum Gasteiger partial charge on any atom is 0.306 e. The van der Waals surface area contributed by atoms with Crippen molar-refractivity contribution in [2.24, 2.45) is 0 Å². The van der Waals surface area contributed by atoms with Gasteiger partial charge in [-0.3, -0.25) is 9.59 Å². The molecule has 0 radical (unpaired) electrons. The molecule has 0 spiro atoms. The van der Waals surface area contributed by atoms with E-state index in [0.717, 1.165) is 70.6 Å². The topological polar surface area (TPSA) is 63.6 Å². The molecule has 1 N–H and O–H groups in total. The highest BCUT2D eigenvalue weighted by Crippen LogP contribution is 2.18. The molecule has 0 heterocycles. The molecule has 0 saturated heterocycles. The van der Waals surface area contributed by atoms with Gasteiger partial charge in [-0.2, -0.15) is 0 Å². The van der Waals surface area contributed by atoms with Gasteiger partial charge in [-0.25, -0.2) is 0 Å².